The molecule has 1 aromatic heterocycles. The molecule has 258 valence electrons. The second-order valence-electron chi connectivity index (χ2n) is 13.8. The zero-order chi connectivity index (χ0) is 34.3. The number of amides is 3. The predicted octanol–water partition coefficient (Wildman–Crippen LogP) is 4.37. The molecule has 1 aliphatic heterocycles. The molecule has 12 heteroatoms. The quantitative estimate of drug-likeness (QED) is 0.349. The monoisotopic (exact) mass is 686 g/mol. The summed E-state index contributed by atoms with van der Waals surface area (Å²) in [5, 5.41) is 3.14. The average Bonchev–Trinajstić information content (AvgIpc) is 4.02. The highest BCUT2D eigenvalue weighted by atomic mass is 32.2. The van der Waals surface area contributed by atoms with Gasteiger partial charge in [-0.15, -0.1) is 0 Å². The lowest BCUT2D eigenvalue weighted by atomic mass is 9.93. The third-order valence-corrected chi connectivity index (χ3v) is 12.2. The van der Waals surface area contributed by atoms with Gasteiger partial charge in [-0.2, -0.15) is 0 Å². The number of methoxy groups -OCH3 is 1. The molecule has 5 atom stereocenters. The molecule has 0 radical (unpaired) electrons. The molecule has 11 nitrogen and oxygen atoms in total. The summed E-state index contributed by atoms with van der Waals surface area (Å²) < 4.78 is 39.9. The maximum atomic E-state index is 14.2. The first-order valence-corrected chi connectivity index (χ1v) is 18.6. The van der Waals surface area contributed by atoms with Crippen LogP contribution < -0.4 is 19.5 Å². The van der Waals surface area contributed by atoms with E-state index in [1.54, 1.807) is 19.1 Å². The zero-order valence-corrected chi connectivity index (χ0v) is 28.6. The molecule has 2 N–H and O–H groups in total. The van der Waals surface area contributed by atoms with Gasteiger partial charge >= 0.3 is 0 Å². The Hall–Kier alpha value is -4.45. The molecule has 2 heterocycles. The number of hydrogen-bond acceptors (Lipinski definition) is 8. The third kappa shape index (κ3) is 6.75. The molecule has 3 fully saturated rings. The van der Waals surface area contributed by atoms with Crippen molar-refractivity contribution in [1.82, 2.24) is 19.9 Å². The van der Waals surface area contributed by atoms with E-state index in [4.69, 9.17) is 14.5 Å². The Bertz CT molecular complexity index is 1910. The summed E-state index contributed by atoms with van der Waals surface area (Å²) in [6.07, 6.45) is 7.68. The Morgan fingerprint density at radius 2 is 1.82 bits per heavy atom. The molecule has 3 amide bonds. The van der Waals surface area contributed by atoms with E-state index in [1.165, 1.54) is 0 Å². The molecule has 7 rings (SSSR count). The second kappa shape index (κ2) is 13.1. The van der Waals surface area contributed by atoms with Gasteiger partial charge in [0.05, 0.1) is 35.4 Å². The Labute approximate surface area is 286 Å². The van der Waals surface area contributed by atoms with E-state index in [1.807, 2.05) is 66.7 Å². The fraction of sp³-hybridized carbons (Fsp3) is 0.459. The molecule has 4 aliphatic rings. The first-order valence-electron chi connectivity index (χ1n) is 17.1. The Kier molecular flexibility index (Phi) is 8.85. The fourth-order valence-corrected chi connectivity index (χ4v) is 8.59. The zero-order valence-electron chi connectivity index (χ0n) is 27.8. The van der Waals surface area contributed by atoms with Crippen LogP contribution in [0.4, 0.5) is 0 Å². The van der Waals surface area contributed by atoms with Crippen molar-refractivity contribution in [2.24, 2.45) is 17.8 Å². The summed E-state index contributed by atoms with van der Waals surface area (Å²) in [6, 6.07) is 17.2. The van der Waals surface area contributed by atoms with E-state index in [2.05, 4.69) is 10.0 Å². The minimum absolute atomic E-state index is 0.143. The van der Waals surface area contributed by atoms with Crippen LogP contribution in [0, 0.1) is 17.8 Å². The summed E-state index contributed by atoms with van der Waals surface area (Å²) in [7, 11) is -0.457. The second-order valence-corrected chi connectivity index (χ2v) is 15.8. The molecule has 2 aromatic carbocycles. The molecular formula is C37H42N4O7S. The van der Waals surface area contributed by atoms with E-state index in [0.717, 1.165) is 30.2 Å². The van der Waals surface area contributed by atoms with Gasteiger partial charge in [-0.1, -0.05) is 42.5 Å². The number of pyridine rings is 1. The molecule has 0 saturated heterocycles. The maximum Gasteiger partial charge on any atom is 0.259 e. The lowest BCUT2D eigenvalue weighted by molar-refractivity contribution is -0.140. The summed E-state index contributed by atoms with van der Waals surface area (Å²) in [6.45, 7) is 0.565. The van der Waals surface area contributed by atoms with Crippen LogP contribution in [0.2, 0.25) is 0 Å². The van der Waals surface area contributed by atoms with Crippen molar-refractivity contribution in [3.05, 3.63) is 66.7 Å². The van der Waals surface area contributed by atoms with Gasteiger partial charge in [0.2, 0.25) is 21.8 Å². The highest BCUT2D eigenvalue weighted by molar-refractivity contribution is 7.91. The number of fused-ring (bicyclic) bond motifs is 3. The lowest BCUT2D eigenvalue weighted by Crippen LogP contribution is -2.54. The number of benzene rings is 2. The van der Waals surface area contributed by atoms with Crippen LogP contribution >= 0.6 is 0 Å². The van der Waals surface area contributed by atoms with Crippen molar-refractivity contribution >= 4 is 38.6 Å². The number of carbonyl (C=O) groups excluding carboxylic acids is 3. The SMILES string of the molecule is COc1ccc2c(OC3C[C@H]4C(=O)N[C@]5(C(=O)NS(=O)(=O)C6CC6)C[C@H]5/C=C\CCCCN(C)C(=O)[C@@H]4C3)cc(-c3ccccc3)nc2c1. The van der Waals surface area contributed by atoms with E-state index in [-0.39, 0.29) is 18.2 Å². The van der Waals surface area contributed by atoms with Crippen LogP contribution in [0.3, 0.4) is 0 Å². The molecule has 3 aromatic rings. The number of carbonyl (C=O) groups is 3. The largest absolute Gasteiger partial charge is 0.497 e. The van der Waals surface area contributed by atoms with Crippen LogP contribution in [0.5, 0.6) is 11.5 Å². The smallest absolute Gasteiger partial charge is 0.259 e. The molecule has 0 bridgehead atoms. The van der Waals surface area contributed by atoms with Crippen LogP contribution in [0.15, 0.2) is 66.7 Å². The molecule has 3 aliphatic carbocycles. The first kappa shape index (κ1) is 33.1. The van der Waals surface area contributed by atoms with Gasteiger partial charge in [0.1, 0.15) is 23.1 Å². The van der Waals surface area contributed by atoms with Crippen molar-refractivity contribution < 1.29 is 32.3 Å². The Morgan fingerprint density at radius 1 is 1.04 bits per heavy atom. The van der Waals surface area contributed by atoms with Gasteiger partial charge in [-0.3, -0.25) is 19.1 Å². The topological polar surface area (TPSA) is 144 Å². The Morgan fingerprint density at radius 3 is 2.57 bits per heavy atom. The van der Waals surface area contributed by atoms with Gasteiger partial charge in [0.25, 0.3) is 5.91 Å². The van der Waals surface area contributed by atoms with Crippen molar-refractivity contribution in [2.75, 3.05) is 20.7 Å². The van der Waals surface area contributed by atoms with Crippen molar-refractivity contribution in [2.45, 2.75) is 68.3 Å². The van der Waals surface area contributed by atoms with Crippen LogP contribution in [0.1, 0.15) is 51.4 Å². The van der Waals surface area contributed by atoms with E-state index >= 15 is 0 Å². The molecule has 49 heavy (non-hydrogen) atoms. The molecule has 0 spiro atoms. The van der Waals surface area contributed by atoms with Crippen molar-refractivity contribution in [3.63, 3.8) is 0 Å². The lowest BCUT2D eigenvalue weighted by Gasteiger charge is -2.26. The first-order chi connectivity index (χ1) is 23.6. The number of hydrogen-bond donors (Lipinski definition) is 2. The average molecular weight is 687 g/mol. The number of rotatable bonds is 7. The Balaban J connectivity index is 1.19. The van der Waals surface area contributed by atoms with Gasteiger partial charge in [0.15, 0.2) is 0 Å². The number of aromatic nitrogens is 1. The number of nitrogens with one attached hydrogen (secondary N) is 2. The minimum atomic E-state index is -3.82. The number of nitrogens with zero attached hydrogens (tertiary/aromatic N) is 2. The predicted molar refractivity (Wildman–Crippen MR) is 184 cm³/mol. The molecule has 1 unspecified atom stereocenters. The van der Waals surface area contributed by atoms with Crippen LogP contribution in [0.25, 0.3) is 22.2 Å². The van der Waals surface area contributed by atoms with Crippen molar-refractivity contribution in [3.8, 4) is 22.8 Å². The molecule has 3 saturated carbocycles. The van der Waals surface area contributed by atoms with Gasteiger partial charge in [0, 0.05) is 42.6 Å². The van der Waals surface area contributed by atoms with Gasteiger partial charge in [-0.05, 0) is 63.5 Å². The van der Waals surface area contributed by atoms with Crippen LogP contribution in [-0.4, -0.2) is 73.6 Å². The molecular weight excluding hydrogens is 644 g/mol. The maximum absolute atomic E-state index is 14.2. The normalized spacial score (nSPS) is 28.1. The van der Waals surface area contributed by atoms with Gasteiger partial charge in [-0.25, -0.2) is 13.4 Å². The number of sulfonamides is 1. The third-order valence-electron chi connectivity index (χ3n) is 10.3. The highest BCUT2D eigenvalue weighted by Crippen LogP contribution is 2.47. The van der Waals surface area contributed by atoms with E-state index < -0.39 is 50.6 Å². The number of ether oxygens (including phenoxy) is 2. The summed E-state index contributed by atoms with van der Waals surface area (Å²) in [4.78, 5) is 48.3. The summed E-state index contributed by atoms with van der Waals surface area (Å²) in [5.74, 6) is -1.86. The van der Waals surface area contributed by atoms with Crippen molar-refractivity contribution in [1.29, 1.82) is 0 Å². The standard InChI is InChI=1S/C37H42N4O7S/c1-41-17-9-4-3-8-12-24-22-37(24,36(44)40-49(45,46)27-14-15-27)39-34(42)29-18-26(19-30(29)35(41)43)48-33-21-31(23-10-6-5-7-11-23)38-32-20-25(47-2)13-16-28(32)33/h5-8,10-13,16,20-21,24,26-27,29-30H,3-4,9,14-15,17-19,22H2,1-2H3,(H,39,42)(H,40,44)/b12-8-/t24-,26?,29-,30-,37-/m1/s1. The summed E-state index contributed by atoms with van der Waals surface area (Å²) in [5.41, 5.74) is 0.919. The van der Waals surface area contributed by atoms with E-state index in [0.29, 0.717) is 54.9 Å². The van der Waals surface area contributed by atoms with Crippen LogP contribution in [-0.2, 0) is 24.4 Å². The van der Waals surface area contributed by atoms with E-state index in [9.17, 15) is 22.8 Å². The highest BCUT2D eigenvalue weighted by Gasteiger charge is 2.62. The number of allylic oxidation sites excluding steroid dienone is 1. The summed E-state index contributed by atoms with van der Waals surface area (Å²) >= 11 is 0. The van der Waals surface area contributed by atoms with Gasteiger partial charge < -0.3 is 19.7 Å². The fourth-order valence-electron chi connectivity index (χ4n) is 7.23. The minimum Gasteiger partial charge on any atom is -0.497 e.